The van der Waals surface area contributed by atoms with Crippen LogP contribution in [0.3, 0.4) is 0 Å². The third-order valence-corrected chi connectivity index (χ3v) is 5.33. The van der Waals surface area contributed by atoms with Gasteiger partial charge in [0.1, 0.15) is 5.78 Å². The molecular formula is C16H26O2. The first-order chi connectivity index (χ1) is 8.77. The number of rotatable bonds is 2. The van der Waals surface area contributed by atoms with Crippen LogP contribution in [0.25, 0.3) is 0 Å². The van der Waals surface area contributed by atoms with E-state index in [1.165, 1.54) is 51.4 Å². The van der Waals surface area contributed by atoms with Crippen molar-refractivity contribution in [2.24, 2.45) is 5.92 Å². The van der Waals surface area contributed by atoms with Gasteiger partial charge in [-0.2, -0.15) is 0 Å². The van der Waals surface area contributed by atoms with E-state index in [4.69, 9.17) is 4.74 Å². The van der Waals surface area contributed by atoms with Gasteiger partial charge in [0, 0.05) is 12.3 Å². The molecule has 2 saturated carbocycles. The van der Waals surface area contributed by atoms with Crippen molar-refractivity contribution in [3.8, 4) is 0 Å². The highest BCUT2D eigenvalue weighted by Crippen LogP contribution is 2.43. The van der Waals surface area contributed by atoms with E-state index >= 15 is 0 Å². The Kier molecular flexibility index (Phi) is 3.74. The van der Waals surface area contributed by atoms with Crippen molar-refractivity contribution in [3.63, 3.8) is 0 Å². The highest BCUT2D eigenvalue weighted by atomic mass is 16.5. The average Bonchev–Trinajstić information content (AvgIpc) is 2.76. The Bertz CT molecular complexity index is 304. The maximum Gasteiger partial charge on any atom is 0.136 e. The van der Waals surface area contributed by atoms with Crippen LogP contribution in [0.15, 0.2) is 0 Å². The summed E-state index contributed by atoms with van der Waals surface area (Å²) in [5.74, 6) is 0.830. The number of hydrogen-bond donors (Lipinski definition) is 0. The molecule has 0 aromatic heterocycles. The Labute approximate surface area is 110 Å². The van der Waals surface area contributed by atoms with Gasteiger partial charge in [-0.3, -0.25) is 4.79 Å². The summed E-state index contributed by atoms with van der Waals surface area (Å²) >= 11 is 0. The van der Waals surface area contributed by atoms with Crippen LogP contribution in [-0.2, 0) is 9.53 Å². The van der Waals surface area contributed by atoms with Gasteiger partial charge in [0.15, 0.2) is 0 Å². The summed E-state index contributed by atoms with van der Waals surface area (Å²) in [6, 6.07) is 0. The molecule has 1 spiro atoms. The highest BCUT2D eigenvalue weighted by molar-refractivity contribution is 5.81. The van der Waals surface area contributed by atoms with Crippen LogP contribution in [0, 0.1) is 5.92 Å². The first kappa shape index (κ1) is 12.7. The van der Waals surface area contributed by atoms with E-state index in [1.54, 1.807) is 0 Å². The molecule has 2 aliphatic carbocycles. The molecule has 0 bridgehead atoms. The summed E-state index contributed by atoms with van der Waals surface area (Å²) in [5.41, 5.74) is 0.223. The predicted molar refractivity (Wildman–Crippen MR) is 71.5 cm³/mol. The number of ketones is 1. The number of carbonyl (C=O) groups excluding carboxylic acids is 1. The van der Waals surface area contributed by atoms with Crippen molar-refractivity contribution in [3.05, 3.63) is 0 Å². The second kappa shape index (κ2) is 5.32. The third-order valence-electron chi connectivity index (χ3n) is 5.33. The van der Waals surface area contributed by atoms with Gasteiger partial charge in [0.05, 0.1) is 11.7 Å². The summed E-state index contributed by atoms with van der Waals surface area (Å²) in [7, 11) is 0. The third kappa shape index (κ3) is 2.64. The minimum Gasteiger partial charge on any atom is -0.372 e. The summed E-state index contributed by atoms with van der Waals surface area (Å²) in [6.45, 7) is 0. The molecule has 3 rings (SSSR count). The molecule has 2 heteroatoms. The largest absolute Gasteiger partial charge is 0.372 e. The Morgan fingerprint density at radius 1 is 1.00 bits per heavy atom. The van der Waals surface area contributed by atoms with Crippen LogP contribution in [0.1, 0.15) is 77.0 Å². The smallest absolute Gasteiger partial charge is 0.136 e. The first-order valence-electron chi connectivity index (χ1n) is 7.98. The molecule has 1 saturated heterocycles. The molecule has 102 valence electrons. The maximum absolute atomic E-state index is 11.9. The van der Waals surface area contributed by atoms with E-state index in [0.29, 0.717) is 17.8 Å². The van der Waals surface area contributed by atoms with Crippen LogP contribution in [0.4, 0.5) is 0 Å². The van der Waals surface area contributed by atoms with Gasteiger partial charge < -0.3 is 4.74 Å². The van der Waals surface area contributed by atoms with Gasteiger partial charge in [-0.1, -0.05) is 25.7 Å². The quantitative estimate of drug-likeness (QED) is 0.740. The van der Waals surface area contributed by atoms with E-state index in [0.717, 1.165) is 25.7 Å². The molecule has 2 atom stereocenters. The fourth-order valence-electron chi connectivity index (χ4n) is 4.25. The highest BCUT2D eigenvalue weighted by Gasteiger charge is 2.41. The number of ether oxygens (including phenoxy) is 1. The van der Waals surface area contributed by atoms with Gasteiger partial charge in [-0.15, -0.1) is 0 Å². The first-order valence-corrected chi connectivity index (χ1v) is 7.98. The van der Waals surface area contributed by atoms with Crippen molar-refractivity contribution < 1.29 is 9.53 Å². The molecule has 3 fully saturated rings. The zero-order chi connectivity index (χ0) is 12.4. The van der Waals surface area contributed by atoms with Crippen LogP contribution in [0.2, 0.25) is 0 Å². The van der Waals surface area contributed by atoms with Gasteiger partial charge in [-0.25, -0.2) is 0 Å². The standard InChI is InChI=1S/C16H26O2/c17-15-7-3-2-6-13(15)12-14-8-11-16(18-14)9-4-1-5-10-16/h13-14H,1-12H2. The van der Waals surface area contributed by atoms with Gasteiger partial charge in [0.2, 0.25) is 0 Å². The van der Waals surface area contributed by atoms with Crippen LogP contribution in [0.5, 0.6) is 0 Å². The number of carbonyl (C=O) groups is 1. The Morgan fingerprint density at radius 3 is 2.61 bits per heavy atom. The second-order valence-corrected chi connectivity index (χ2v) is 6.67. The molecule has 18 heavy (non-hydrogen) atoms. The van der Waals surface area contributed by atoms with E-state index in [9.17, 15) is 4.79 Å². The monoisotopic (exact) mass is 250 g/mol. The van der Waals surface area contributed by atoms with Gasteiger partial charge in [-0.05, 0) is 44.9 Å². The SMILES string of the molecule is O=C1CCCCC1CC1CCC2(CCCCC2)O1. The molecule has 0 N–H and O–H groups in total. The van der Waals surface area contributed by atoms with Gasteiger partial charge >= 0.3 is 0 Å². The van der Waals surface area contributed by atoms with Crippen LogP contribution in [-0.4, -0.2) is 17.5 Å². The lowest BCUT2D eigenvalue weighted by Gasteiger charge is -2.34. The lowest BCUT2D eigenvalue weighted by molar-refractivity contribution is -0.127. The molecular weight excluding hydrogens is 224 g/mol. The minimum atomic E-state index is 0.223. The van der Waals surface area contributed by atoms with E-state index < -0.39 is 0 Å². The van der Waals surface area contributed by atoms with E-state index in [2.05, 4.69) is 0 Å². The van der Waals surface area contributed by atoms with Crippen LogP contribution >= 0.6 is 0 Å². The summed E-state index contributed by atoms with van der Waals surface area (Å²) < 4.78 is 6.39. The lowest BCUT2D eigenvalue weighted by Crippen LogP contribution is -2.32. The fourth-order valence-corrected chi connectivity index (χ4v) is 4.25. The molecule has 1 heterocycles. The average molecular weight is 250 g/mol. The van der Waals surface area contributed by atoms with Crippen LogP contribution < -0.4 is 0 Å². The minimum absolute atomic E-state index is 0.223. The Morgan fingerprint density at radius 2 is 1.83 bits per heavy atom. The molecule has 2 nitrogen and oxygen atoms in total. The molecule has 0 aromatic rings. The maximum atomic E-state index is 11.9. The molecule has 1 aliphatic heterocycles. The molecule has 0 aromatic carbocycles. The molecule has 0 radical (unpaired) electrons. The van der Waals surface area contributed by atoms with Gasteiger partial charge in [0.25, 0.3) is 0 Å². The summed E-state index contributed by atoms with van der Waals surface area (Å²) in [5, 5.41) is 0. The van der Waals surface area contributed by atoms with E-state index in [-0.39, 0.29) is 5.60 Å². The lowest BCUT2D eigenvalue weighted by atomic mass is 9.82. The van der Waals surface area contributed by atoms with E-state index in [1.807, 2.05) is 0 Å². The zero-order valence-electron chi connectivity index (χ0n) is 11.5. The topological polar surface area (TPSA) is 26.3 Å². The normalized spacial score (nSPS) is 36.1. The van der Waals surface area contributed by atoms with Crippen molar-refractivity contribution in [1.29, 1.82) is 0 Å². The number of hydrogen-bond acceptors (Lipinski definition) is 2. The summed E-state index contributed by atoms with van der Waals surface area (Å²) in [6.07, 6.45) is 14.7. The molecule has 3 aliphatic rings. The predicted octanol–water partition coefficient (Wildman–Crippen LogP) is 4.02. The molecule has 0 amide bonds. The summed E-state index contributed by atoms with van der Waals surface area (Å²) in [4.78, 5) is 11.9. The second-order valence-electron chi connectivity index (χ2n) is 6.67. The Balaban J connectivity index is 1.53. The van der Waals surface area contributed by atoms with Crippen molar-refractivity contribution in [2.75, 3.05) is 0 Å². The van der Waals surface area contributed by atoms with Crippen molar-refractivity contribution in [2.45, 2.75) is 88.8 Å². The van der Waals surface area contributed by atoms with Crippen molar-refractivity contribution in [1.82, 2.24) is 0 Å². The zero-order valence-corrected chi connectivity index (χ0v) is 11.5. The Hall–Kier alpha value is -0.370. The number of Topliss-reactive ketones (excluding diaryl/α,β-unsaturated/α-hetero) is 1. The van der Waals surface area contributed by atoms with Crippen molar-refractivity contribution >= 4 is 5.78 Å². The fraction of sp³-hybridized carbons (Fsp3) is 0.938. The molecule has 2 unspecified atom stereocenters.